The molecule has 0 radical (unpaired) electrons. The molecule has 8 nitrogen and oxygen atoms in total. The average molecular weight is 437 g/mol. The van der Waals surface area contributed by atoms with Crippen LogP contribution in [0.3, 0.4) is 0 Å². The van der Waals surface area contributed by atoms with Gasteiger partial charge in [0.05, 0.1) is 5.41 Å². The standard InChI is InChI=1S/C23H24FN5O3/c1-25-21(31)23(11-4-12-29(14-23)20(30)19-26-22(32)28-27-19)13-15-7-9-16(10-8-15)17-5-2-3-6-18(17)24/h2-3,5-10H,4,11-14H2,1H3,(H,25,31)(H2,26,27,28,32). The van der Waals surface area contributed by atoms with Crippen molar-refractivity contribution in [2.45, 2.75) is 19.3 Å². The number of aromatic amines is 2. The molecule has 1 aliphatic rings. The van der Waals surface area contributed by atoms with E-state index < -0.39 is 17.0 Å². The van der Waals surface area contributed by atoms with Gasteiger partial charge in [-0.15, -0.1) is 5.10 Å². The van der Waals surface area contributed by atoms with Gasteiger partial charge in [-0.2, -0.15) is 0 Å². The predicted molar refractivity (Wildman–Crippen MR) is 116 cm³/mol. The van der Waals surface area contributed by atoms with E-state index in [1.165, 1.54) is 6.07 Å². The van der Waals surface area contributed by atoms with Crippen LogP contribution in [0.5, 0.6) is 0 Å². The molecule has 0 bridgehead atoms. The zero-order valence-corrected chi connectivity index (χ0v) is 17.7. The van der Waals surface area contributed by atoms with Crippen molar-refractivity contribution in [1.29, 1.82) is 0 Å². The van der Waals surface area contributed by atoms with E-state index in [-0.39, 0.29) is 24.1 Å². The molecule has 166 valence electrons. The summed E-state index contributed by atoms with van der Waals surface area (Å²) in [6.45, 7) is 0.675. The molecule has 3 aromatic rings. The number of piperidine rings is 1. The van der Waals surface area contributed by atoms with Gasteiger partial charge in [0.2, 0.25) is 11.7 Å². The number of carbonyl (C=O) groups is 2. The number of halogens is 1. The largest absolute Gasteiger partial charge is 0.359 e. The van der Waals surface area contributed by atoms with Gasteiger partial charge >= 0.3 is 5.69 Å². The Bertz CT molecular complexity index is 1190. The van der Waals surface area contributed by atoms with E-state index in [2.05, 4.69) is 20.5 Å². The molecule has 2 heterocycles. The highest BCUT2D eigenvalue weighted by Crippen LogP contribution is 2.35. The third-order valence-corrected chi connectivity index (χ3v) is 5.96. The molecule has 2 amide bonds. The Hall–Kier alpha value is -3.75. The van der Waals surface area contributed by atoms with E-state index in [9.17, 15) is 18.8 Å². The molecule has 3 N–H and O–H groups in total. The number of nitrogens with one attached hydrogen (secondary N) is 3. The van der Waals surface area contributed by atoms with Crippen LogP contribution in [0.1, 0.15) is 29.0 Å². The van der Waals surface area contributed by atoms with E-state index in [1.54, 1.807) is 30.1 Å². The molecule has 0 saturated carbocycles. The van der Waals surface area contributed by atoms with Gasteiger partial charge in [-0.05, 0) is 36.5 Å². The lowest BCUT2D eigenvalue weighted by Crippen LogP contribution is -2.54. The van der Waals surface area contributed by atoms with Gasteiger partial charge in [0.25, 0.3) is 5.91 Å². The summed E-state index contributed by atoms with van der Waals surface area (Å²) in [7, 11) is 1.58. The van der Waals surface area contributed by atoms with Crippen LogP contribution in [0, 0.1) is 11.2 Å². The van der Waals surface area contributed by atoms with Crippen molar-refractivity contribution in [3.63, 3.8) is 0 Å². The van der Waals surface area contributed by atoms with Gasteiger partial charge in [-0.25, -0.2) is 14.3 Å². The zero-order valence-electron chi connectivity index (χ0n) is 17.7. The predicted octanol–water partition coefficient (Wildman–Crippen LogP) is 2.12. The van der Waals surface area contributed by atoms with Gasteiger partial charge in [0, 0.05) is 25.7 Å². The highest BCUT2D eigenvalue weighted by atomic mass is 19.1. The first kappa shape index (κ1) is 21.5. The van der Waals surface area contributed by atoms with E-state index in [4.69, 9.17) is 0 Å². The Kier molecular flexibility index (Phi) is 5.89. The lowest BCUT2D eigenvalue weighted by Gasteiger charge is -2.41. The normalized spacial score (nSPS) is 18.4. The maximum Gasteiger partial charge on any atom is 0.341 e. The molecular formula is C23H24FN5O3. The fraction of sp³-hybridized carbons (Fsp3) is 0.304. The molecular weight excluding hydrogens is 413 g/mol. The number of amides is 2. The number of benzene rings is 2. The second-order valence-electron chi connectivity index (χ2n) is 8.07. The van der Waals surface area contributed by atoms with Crippen LogP contribution in [-0.4, -0.2) is 52.0 Å². The summed E-state index contributed by atoms with van der Waals surface area (Å²) in [4.78, 5) is 41.0. The number of rotatable bonds is 5. The summed E-state index contributed by atoms with van der Waals surface area (Å²) >= 11 is 0. The lowest BCUT2D eigenvalue weighted by molar-refractivity contribution is -0.133. The van der Waals surface area contributed by atoms with E-state index in [0.29, 0.717) is 31.4 Å². The maximum absolute atomic E-state index is 14.1. The number of aromatic nitrogens is 3. The van der Waals surface area contributed by atoms with E-state index in [1.807, 2.05) is 24.3 Å². The van der Waals surface area contributed by atoms with Gasteiger partial charge < -0.3 is 10.2 Å². The number of hydrogen-bond acceptors (Lipinski definition) is 4. The molecule has 1 unspecified atom stereocenters. The number of nitrogens with zero attached hydrogens (tertiary/aromatic N) is 2. The van der Waals surface area contributed by atoms with Crippen molar-refractivity contribution >= 4 is 11.8 Å². The number of likely N-dealkylation sites (tertiary alicyclic amines) is 1. The monoisotopic (exact) mass is 437 g/mol. The van der Waals surface area contributed by atoms with E-state index >= 15 is 0 Å². The number of hydrogen-bond donors (Lipinski definition) is 3. The van der Waals surface area contributed by atoms with Gasteiger partial charge in [0.1, 0.15) is 5.82 Å². The van der Waals surface area contributed by atoms with Crippen LogP contribution in [0.25, 0.3) is 11.1 Å². The van der Waals surface area contributed by atoms with Crippen molar-refractivity contribution in [2.24, 2.45) is 5.41 Å². The third kappa shape index (κ3) is 4.18. The van der Waals surface area contributed by atoms with Crippen LogP contribution in [0.4, 0.5) is 4.39 Å². The minimum atomic E-state index is -0.821. The summed E-state index contributed by atoms with van der Waals surface area (Å²) in [5.74, 6) is -0.938. The topological polar surface area (TPSA) is 111 Å². The fourth-order valence-electron chi connectivity index (χ4n) is 4.39. The summed E-state index contributed by atoms with van der Waals surface area (Å²) in [5.41, 5.74) is 0.805. The van der Waals surface area contributed by atoms with Gasteiger partial charge in [-0.3, -0.25) is 14.6 Å². The molecule has 0 spiro atoms. The molecule has 0 aliphatic carbocycles. The molecule has 9 heteroatoms. The maximum atomic E-state index is 14.1. The van der Waals surface area contributed by atoms with Crippen LogP contribution in [-0.2, 0) is 11.2 Å². The highest BCUT2D eigenvalue weighted by Gasteiger charge is 2.43. The van der Waals surface area contributed by atoms with Crippen molar-refractivity contribution in [2.75, 3.05) is 20.1 Å². The summed E-state index contributed by atoms with van der Waals surface area (Å²) in [6, 6.07) is 14.0. The molecule has 2 aromatic carbocycles. The molecule has 1 aliphatic heterocycles. The number of carbonyl (C=O) groups excluding carboxylic acids is 2. The van der Waals surface area contributed by atoms with E-state index in [0.717, 1.165) is 11.1 Å². The fourth-order valence-corrected chi connectivity index (χ4v) is 4.39. The molecule has 1 fully saturated rings. The number of H-pyrrole nitrogens is 2. The van der Waals surface area contributed by atoms with Crippen LogP contribution in [0.2, 0.25) is 0 Å². The summed E-state index contributed by atoms with van der Waals surface area (Å²) in [6.07, 6.45) is 1.68. The SMILES string of the molecule is CNC(=O)C1(Cc2ccc(-c3ccccc3F)cc2)CCCN(C(=O)c2n[nH]c(=O)[nH]2)C1. The first-order chi connectivity index (χ1) is 15.4. The lowest BCUT2D eigenvalue weighted by atomic mass is 9.74. The zero-order chi connectivity index (χ0) is 22.7. The highest BCUT2D eigenvalue weighted by molar-refractivity contribution is 5.91. The Morgan fingerprint density at radius 2 is 1.94 bits per heavy atom. The van der Waals surface area contributed by atoms with Gasteiger partial charge in [0.15, 0.2) is 0 Å². The molecule has 1 saturated heterocycles. The van der Waals surface area contributed by atoms with Crippen LogP contribution >= 0.6 is 0 Å². The summed E-state index contributed by atoms with van der Waals surface area (Å²) < 4.78 is 14.1. The van der Waals surface area contributed by atoms with Crippen LogP contribution < -0.4 is 11.0 Å². The Morgan fingerprint density at radius 3 is 2.59 bits per heavy atom. The first-order valence-electron chi connectivity index (χ1n) is 10.4. The molecule has 4 rings (SSSR count). The van der Waals surface area contributed by atoms with Crippen molar-refractivity contribution in [1.82, 2.24) is 25.4 Å². The minimum absolute atomic E-state index is 0.0723. The van der Waals surface area contributed by atoms with Crippen LogP contribution in [0.15, 0.2) is 53.3 Å². The van der Waals surface area contributed by atoms with Gasteiger partial charge in [-0.1, -0.05) is 42.5 Å². The molecule has 32 heavy (non-hydrogen) atoms. The Morgan fingerprint density at radius 1 is 1.19 bits per heavy atom. The smallest absolute Gasteiger partial charge is 0.341 e. The van der Waals surface area contributed by atoms with Crippen molar-refractivity contribution < 1.29 is 14.0 Å². The third-order valence-electron chi connectivity index (χ3n) is 5.96. The first-order valence-corrected chi connectivity index (χ1v) is 10.4. The van der Waals surface area contributed by atoms with Crippen molar-refractivity contribution in [3.8, 4) is 11.1 Å². The average Bonchev–Trinajstić information content (AvgIpc) is 3.25. The molecule has 1 atom stereocenters. The molecule has 1 aromatic heterocycles. The quantitative estimate of drug-likeness (QED) is 0.568. The second kappa shape index (κ2) is 8.78. The summed E-state index contributed by atoms with van der Waals surface area (Å²) in [5, 5.41) is 8.65. The Balaban J connectivity index is 1.58. The minimum Gasteiger partial charge on any atom is -0.359 e. The second-order valence-corrected chi connectivity index (χ2v) is 8.07. The Labute approximate surface area is 183 Å². The van der Waals surface area contributed by atoms with Crippen molar-refractivity contribution in [3.05, 3.63) is 76.2 Å².